The van der Waals surface area contributed by atoms with Crippen molar-refractivity contribution in [2.75, 3.05) is 13.6 Å². The molecule has 21 heavy (non-hydrogen) atoms. The highest BCUT2D eigenvalue weighted by Gasteiger charge is 2.30. The van der Waals surface area contributed by atoms with Crippen LogP contribution in [0.3, 0.4) is 0 Å². The summed E-state index contributed by atoms with van der Waals surface area (Å²) in [5.41, 5.74) is -0.368. The molecule has 1 aromatic rings. The summed E-state index contributed by atoms with van der Waals surface area (Å²) in [5.74, 6) is 0.348. The number of sulfonamides is 1. The fourth-order valence-corrected chi connectivity index (χ4v) is 4.23. The van der Waals surface area contributed by atoms with Crippen molar-refractivity contribution < 1.29 is 13.3 Å². The number of benzene rings is 1. The third-order valence-electron chi connectivity index (χ3n) is 3.99. The van der Waals surface area contributed by atoms with Crippen molar-refractivity contribution in [3.05, 3.63) is 34.4 Å². The normalized spacial score (nSPS) is 17.0. The van der Waals surface area contributed by atoms with E-state index >= 15 is 0 Å². The van der Waals surface area contributed by atoms with Gasteiger partial charge in [0.2, 0.25) is 10.0 Å². The molecule has 6 nitrogen and oxygen atoms in total. The molecule has 116 valence electrons. The van der Waals surface area contributed by atoms with Crippen LogP contribution in [-0.2, 0) is 10.0 Å². The molecule has 0 radical (unpaired) electrons. The van der Waals surface area contributed by atoms with Crippen molar-refractivity contribution in [1.29, 1.82) is 0 Å². The summed E-state index contributed by atoms with van der Waals surface area (Å²) in [4.78, 5) is 10.1. The maximum atomic E-state index is 12.6. The third-order valence-corrected chi connectivity index (χ3v) is 5.86. The molecule has 0 saturated heterocycles. The highest BCUT2D eigenvalue weighted by Crippen LogP contribution is 2.29. The van der Waals surface area contributed by atoms with Crippen LogP contribution in [0.25, 0.3) is 0 Å². The zero-order valence-electron chi connectivity index (χ0n) is 12.1. The Bertz CT molecular complexity index is 609. The van der Waals surface area contributed by atoms with E-state index in [1.54, 1.807) is 0 Å². The SMILES string of the molecule is CN(CC1CCCCC1)S(=O)(=O)c1ccccc1[N+](=O)[O-]. The zero-order chi connectivity index (χ0) is 15.5. The van der Waals surface area contributed by atoms with Gasteiger partial charge < -0.3 is 0 Å². The van der Waals surface area contributed by atoms with Gasteiger partial charge in [0.1, 0.15) is 0 Å². The standard InChI is InChI=1S/C14H20N2O4S/c1-15(11-12-7-3-2-4-8-12)21(19,20)14-10-6-5-9-13(14)16(17)18/h5-6,9-10,12H,2-4,7-8,11H2,1H3. The summed E-state index contributed by atoms with van der Waals surface area (Å²) >= 11 is 0. The average Bonchev–Trinajstić information content (AvgIpc) is 2.48. The lowest BCUT2D eigenvalue weighted by atomic mass is 9.89. The van der Waals surface area contributed by atoms with E-state index in [0.29, 0.717) is 12.5 Å². The van der Waals surface area contributed by atoms with Crippen LogP contribution in [0, 0.1) is 16.0 Å². The van der Waals surface area contributed by atoms with Crippen LogP contribution in [0.5, 0.6) is 0 Å². The molecular formula is C14H20N2O4S. The van der Waals surface area contributed by atoms with Gasteiger partial charge in [-0.25, -0.2) is 12.7 Å². The highest BCUT2D eigenvalue weighted by molar-refractivity contribution is 7.89. The second kappa shape index (κ2) is 6.53. The number of hydrogen-bond acceptors (Lipinski definition) is 4. The minimum Gasteiger partial charge on any atom is -0.258 e. The van der Waals surface area contributed by atoms with Crippen molar-refractivity contribution >= 4 is 15.7 Å². The minimum absolute atomic E-state index is 0.228. The molecule has 2 rings (SSSR count). The van der Waals surface area contributed by atoms with Gasteiger partial charge in [-0.1, -0.05) is 31.4 Å². The summed E-state index contributed by atoms with van der Waals surface area (Å²) in [6, 6.07) is 5.50. The molecule has 1 aromatic carbocycles. The molecule has 0 aromatic heterocycles. The van der Waals surface area contributed by atoms with Crippen LogP contribution in [0.2, 0.25) is 0 Å². The van der Waals surface area contributed by atoms with E-state index in [-0.39, 0.29) is 10.6 Å². The van der Waals surface area contributed by atoms with E-state index in [2.05, 4.69) is 0 Å². The summed E-state index contributed by atoms with van der Waals surface area (Å²) in [5, 5.41) is 11.0. The molecule has 0 atom stereocenters. The smallest absolute Gasteiger partial charge is 0.258 e. The lowest BCUT2D eigenvalue weighted by Crippen LogP contribution is -2.33. The lowest BCUT2D eigenvalue weighted by molar-refractivity contribution is -0.387. The lowest BCUT2D eigenvalue weighted by Gasteiger charge is -2.26. The molecule has 7 heteroatoms. The molecule has 0 aliphatic heterocycles. The van der Waals surface area contributed by atoms with Gasteiger partial charge in [0.05, 0.1) is 4.92 Å². The number of nitro benzene ring substituents is 1. The molecule has 1 aliphatic rings. The molecule has 1 aliphatic carbocycles. The summed E-state index contributed by atoms with van der Waals surface area (Å²) in [6.45, 7) is 0.425. The van der Waals surface area contributed by atoms with Gasteiger partial charge in [-0.15, -0.1) is 0 Å². The van der Waals surface area contributed by atoms with Crippen molar-refractivity contribution in [2.24, 2.45) is 5.92 Å². The minimum atomic E-state index is -3.82. The molecule has 0 amide bonds. The highest BCUT2D eigenvalue weighted by atomic mass is 32.2. The van der Waals surface area contributed by atoms with Crippen LogP contribution in [-0.4, -0.2) is 31.2 Å². The summed E-state index contributed by atoms with van der Waals surface area (Å²) in [7, 11) is -2.32. The molecule has 0 heterocycles. The summed E-state index contributed by atoms with van der Waals surface area (Å²) < 4.78 is 26.4. The number of nitro groups is 1. The predicted octanol–water partition coefficient (Wildman–Crippen LogP) is 2.80. The maximum Gasteiger partial charge on any atom is 0.289 e. The fourth-order valence-electron chi connectivity index (χ4n) is 2.83. The van der Waals surface area contributed by atoms with E-state index < -0.39 is 14.9 Å². The Morgan fingerprint density at radius 1 is 1.24 bits per heavy atom. The van der Waals surface area contributed by atoms with Gasteiger partial charge >= 0.3 is 0 Å². The number of nitrogens with zero attached hydrogens (tertiary/aromatic N) is 2. The average molecular weight is 312 g/mol. The quantitative estimate of drug-likeness (QED) is 0.618. The van der Waals surface area contributed by atoms with Gasteiger partial charge in [-0.05, 0) is 24.8 Å². The Balaban J connectivity index is 2.22. The third kappa shape index (κ3) is 3.59. The van der Waals surface area contributed by atoms with E-state index in [1.165, 1.54) is 42.0 Å². The first kappa shape index (κ1) is 15.9. The fraction of sp³-hybridized carbons (Fsp3) is 0.571. The largest absolute Gasteiger partial charge is 0.289 e. The van der Waals surface area contributed by atoms with Gasteiger partial charge in [0, 0.05) is 19.7 Å². The van der Waals surface area contributed by atoms with E-state index in [0.717, 1.165) is 25.7 Å². The van der Waals surface area contributed by atoms with E-state index in [1.807, 2.05) is 0 Å². The van der Waals surface area contributed by atoms with Crippen LogP contribution in [0.1, 0.15) is 32.1 Å². The maximum absolute atomic E-state index is 12.6. The Hall–Kier alpha value is -1.47. The van der Waals surface area contributed by atoms with Crippen molar-refractivity contribution in [3.8, 4) is 0 Å². The first-order chi connectivity index (χ1) is 9.93. The molecule has 0 unspecified atom stereocenters. The van der Waals surface area contributed by atoms with Crippen LogP contribution >= 0.6 is 0 Å². The van der Waals surface area contributed by atoms with Crippen molar-refractivity contribution in [1.82, 2.24) is 4.31 Å². The number of hydrogen-bond donors (Lipinski definition) is 0. The molecule has 1 saturated carbocycles. The van der Waals surface area contributed by atoms with Gasteiger partial charge in [0.15, 0.2) is 4.90 Å². The molecule has 0 N–H and O–H groups in total. The predicted molar refractivity (Wildman–Crippen MR) is 79.5 cm³/mol. The van der Waals surface area contributed by atoms with E-state index in [9.17, 15) is 18.5 Å². The van der Waals surface area contributed by atoms with Crippen LogP contribution in [0.4, 0.5) is 5.69 Å². The molecule has 0 spiro atoms. The van der Waals surface area contributed by atoms with Gasteiger partial charge in [-0.2, -0.15) is 0 Å². The number of rotatable bonds is 5. The Labute approximate surface area is 125 Å². The Morgan fingerprint density at radius 3 is 2.48 bits per heavy atom. The molecule has 0 bridgehead atoms. The van der Waals surface area contributed by atoms with Crippen LogP contribution < -0.4 is 0 Å². The summed E-state index contributed by atoms with van der Waals surface area (Å²) in [6.07, 6.45) is 5.51. The second-order valence-corrected chi connectivity index (χ2v) is 7.53. The van der Waals surface area contributed by atoms with E-state index in [4.69, 9.17) is 0 Å². The van der Waals surface area contributed by atoms with Gasteiger partial charge in [0.25, 0.3) is 5.69 Å². The number of para-hydroxylation sites is 1. The van der Waals surface area contributed by atoms with Gasteiger partial charge in [-0.3, -0.25) is 10.1 Å². The first-order valence-corrected chi connectivity index (χ1v) is 8.56. The molecular weight excluding hydrogens is 292 g/mol. The Kier molecular flexibility index (Phi) is 4.95. The molecule has 1 fully saturated rings. The van der Waals surface area contributed by atoms with Crippen LogP contribution in [0.15, 0.2) is 29.2 Å². The monoisotopic (exact) mass is 312 g/mol. The Morgan fingerprint density at radius 2 is 1.86 bits per heavy atom. The first-order valence-electron chi connectivity index (χ1n) is 7.12. The van der Waals surface area contributed by atoms with Crippen molar-refractivity contribution in [3.63, 3.8) is 0 Å². The zero-order valence-corrected chi connectivity index (χ0v) is 12.9. The van der Waals surface area contributed by atoms with Crippen molar-refractivity contribution in [2.45, 2.75) is 37.0 Å². The topological polar surface area (TPSA) is 80.5 Å². The second-order valence-electron chi connectivity index (χ2n) is 5.51.